The molecule has 1 unspecified atom stereocenters. The molecule has 2 aromatic rings. The van der Waals surface area contributed by atoms with E-state index in [1.54, 1.807) is 43.5 Å². The molecular formula is C28H36N2O6. The molecule has 1 aliphatic heterocycles. The summed E-state index contributed by atoms with van der Waals surface area (Å²) >= 11 is 0. The third kappa shape index (κ3) is 5.99. The molecule has 2 aromatic carbocycles. The van der Waals surface area contributed by atoms with Crippen LogP contribution in [0.25, 0.3) is 5.76 Å². The number of aliphatic hydroxyl groups is 1. The quantitative estimate of drug-likeness (QED) is 0.203. The van der Waals surface area contributed by atoms with Gasteiger partial charge in [-0.1, -0.05) is 38.0 Å². The second-order valence-electron chi connectivity index (χ2n) is 8.99. The van der Waals surface area contributed by atoms with Gasteiger partial charge in [-0.2, -0.15) is 0 Å². The Balaban J connectivity index is 2.08. The largest absolute Gasteiger partial charge is 0.507 e. The number of aliphatic hydroxyl groups excluding tert-OH is 1. The van der Waals surface area contributed by atoms with Gasteiger partial charge >= 0.3 is 0 Å². The number of carbonyl (C=O) groups is 2. The fourth-order valence-corrected chi connectivity index (χ4v) is 4.20. The van der Waals surface area contributed by atoms with E-state index in [0.29, 0.717) is 48.1 Å². The molecule has 1 amide bonds. The van der Waals surface area contributed by atoms with Crippen LogP contribution in [0, 0.1) is 0 Å². The lowest BCUT2D eigenvalue weighted by Gasteiger charge is -2.27. The molecule has 1 saturated heterocycles. The summed E-state index contributed by atoms with van der Waals surface area (Å²) in [5.74, 6) is 0.00852. The number of amides is 1. The third-order valence-electron chi connectivity index (χ3n) is 6.18. The normalized spacial score (nSPS) is 17.1. The van der Waals surface area contributed by atoms with Gasteiger partial charge < -0.3 is 29.1 Å². The van der Waals surface area contributed by atoms with Crippen LogP contribution in [0.15, 0.2) is 48.0 Å². The molecule has 0 aliphatic carbocycles. The molecule has 0 aromatic heterocycles. The fourth-order valence-electron chi connectivity index (χ4n) is 4.20. The average molecular weight is 497 g/mol. The van der Waals surface area contributed by atoms with E-state index in [1.807, 2.05) is 25.1 Å². The van der Waals surface area contributed by atoms with E-state index in [1.165, 1.54) is 12.0 Å². The number of carbonyl (C=O) groups excluding carboxylic acids is 2. The number of hydrogen-bond acceptors (Lipinski definition) is 7. The van der Waals surface area contributed by atoms with Crippen LogP contribution in [-0.2, 0) is 9.59 Å². The van der Waals surface area contributed by atoms with Gasteiger partial charge in [0.25, 0.3) is 11.7 Å². The second-order valence-corrected chi connectivity index (χ2v) is 8.99. The molecule has 0 radical (unpaired) electrons. The maximum Gasteiger partial charge on any atom is 0.295 e. The predicted molar refractivity (Wildman–Crippen MR) is 139 cm³/mol. The summed E-state index contributed by atoms with van der Waals surface area (Å²) in [4.78, 5) is 29.8. The van der Waals surface area contributed by atoms with Crippen molar-refractivity contribution in [1.29, 1.82) is 0 Å². The lowest BCUT2D eigenvalue weighted by atomic mass is 9.95. The van der Waals surface area contributed by atoms with E-state index in [-0.39, 0.29) is 11.3 Å². The van der Waals surface area contributed by atoms with Crippen LogP contribution < -0.4 is 14.2 Å². The topological polar surface area (TPSA) is 88.5 Å². The number of hydrogen-bond donors (Lipinski definition) is 1. The molecule has 1 fully saturated rings. The lowest BCUT2D eigenvalue weighted by molar-refractivity contribution is -0.140. The zero-order valence-corrected chi connectivity index (χ0v) is 21.7. The van der Waals surface area contributed by atoms with Crippen molar-refractivity contribution in [3.05, 3.63) is 59.2 Å². The number of likely N-dealkylation sites (N-methyl/N-ethyl adjacent to an activating group) is 1. The van der Waals surface area contributed by atoms with Crippen molar-refractivity contribution in [3.8, 4) is 17.2 Å². The maximum absolute atomic E-state index is 13.2. The van der Waals surface area contributed by atoms with Gasteiger partial charge in [-0.05, 0) is 50.3 Å². The van der Waals surface area contributed by atoms with Crippen molar-refractivity contribution in [2.75, 3.05) is 48.0 Å². The molecule has 0 spiro atoms. The Hall–Kier alpha value is -3.52. The van der Waals surface area contributed by atoms with E-state index in [9.17, 15) is 14.7 Å². The van der Waals surface area contributed by atoms with E-state index >= 15 is 0 Å². The summed E-state index contributed by atoms with van der Waals surface area (Å²) < 4.78 is 16.8. The van der Waals surface area contributed by atoms with Crippen LogP contribution >= 0.6 is 0 Å². The molecular weight excluding hydrogens is 460 g/mol. The van der Waals surface area contributed by atoms with Gasteiger partial charge in [0.1, 0.15) is 11.5 Å². The molecule has 1 N–H and O–H groups in total. The summed E-state index contributed by atoms with van der Waals surface area (Å²) in [6.45, 7) is 3.57. The fraction of sp³-hybridized carbons (Fsp3) is 0.429. The van der Waals surface area contributed by atoms with Crippen molar-refractivity contribution >= 4 is 17.4 Å². The Morgan fingerprint density at radius 2 is 1.81 bits per heavy atom. The molecule has 8 heteroatoms. The highest BCUT2D eigenvalue weighted by Gasteiger charge is 2.46. The number of unbranched alkanes of at least 4 members (excludes halogenated alkanes) is 2. The first-order valence-electron chi connectivity index (χ1n) is 12.2. The first-order chi connectivity index (χ1) is 17.3. The van der Waals surface area contributed by atoms with Gasteiger partial charge in [0, 0.05) is 18.7 Å². The van der Waals surface area contributed by atoms with E-state index < -0.39 is 17.7 Å². The van der Waals surface area contributed by atoms with Crippen molar-refractivity contribution in [2.45, 2.75) is 32.2 Å². The number of rotatable bonds is 12. The highest BCUT2D eigenvalue weighted by molar-refractivity contribution is 6.46. The number of benzene rings is 2. The molecule has 1 heterocycles. The first-order valence-corrected chi connectivity index (χ1v) is 12.2. The van der Waals surface area contributed by atoms with Gasteiger partial charge in [0.15, 0.2) is 11.5 Å². The van der Waals surface area contributed by atoms with Crippen LogP contribution in [0.3, 0.4) is 0 Å². The minimum Gasteiger partial charge on any atom is -0.507 e. The zero-order chi connectivity index (χ0) is 26.2. The second kappa shape index (κ2) is 12.4. The number of likely N-dealkylation sites (tertiary alicyclic amines) is 1. The number of ketones is 1. The summed E-state index contributed by atoms with van der Waals surface area (Å²) in [6.07, 6.45) is 3.11. The Bertz CT molecular complexity index is 1110. The van der Waals surface area contributed by atoms with Crippen molar-refractivity contribution < 1.29 is 28.9 Å². The van der Waals surface area contributed by atoms with E-state index in [4.69, 9.17) is 14.2 Å². The smallest absolute Gasteiger partial charge is 0.295 e. The van der Waals surface area contributed by atoms with Gasteiger partial charge in [-0.15, -0.1) is 0 Å². The molecule has 0 saturated carbocycles. The average Bonchev–Trinajstić information content (AvgIpc) is 3.14. The minimum atomic E-state index is -0.779. The molecule has 194 valence electrons. The predicted octanol–water partition coefficient (Wildman–Crippen LogP) is 4.26. The number of nitrogens with zero attached hydrogens (tertiary/aromatic N) is 2. The third-order valence-corrected chi connectivity index (χ3v) is 6.18. The summed E-state index contributed by atoms with van der Waals surface area (Å²) in [5.41, 5.74) is 1.08. The van der Waals surface area contributed by atoms with Gasteiger partial charge in [0.05, 0.1) is 32.4 Å². The molecule has 8 nitrogen and oxygen atoms in total. The zero-order valence-electron chi connectivity index (χ0n) is 21.7. The summed E-state index contributed by atoms with van der Waals surface area (Å²) in [7, 11) is 6.87. The van der Waals surface area contributed by atoms with Crippen LogP contribution in [0.4, 0.5) is 0 Å². The molecule has 36 heavy (non-hydrogen) atoms. The monoisotopic (exact) mass is 496 g/mol. The van der Waals surface area contributed by atoms with Crippen molar-refractivity contribution in [1.82, 2.24) is 9.80 Å². The van der Waals surface area contributed by atoms with Crippen molar-refractivity contribution in [2.24, 2.45) is 0 Å². The Labute approximate surface area is 213 Å². The molecule has 1 atom stereocenters. The Morgan fingerprint density at radius 3 is 2.47 bits per heavy atom. The van der Waals surface area contributed by atoms with Gasteiger partial charge in [-0.25, -0.2) is 0 Å². The van der Waals surface area contributed by atoms with Crippen molar-refractivity contribution in [3.63, 3.8) is 0 Å². The molecule has 3 rings (SSSR count). The van der Waals surface area contributed by atoms with Crippen LogP contribution in [0.1, 0.15) is 43.4 Å². The summed E-state index contributed by atoms with van der Waals surface area (Å²) in [5, 5.41) is 11.3. The SMILES string of the molecule is CCCCCOc1ccc(C2/C(=C(\O)c3cccc(OC)c3)C(=O)C(=O)N2CCN(C)C)cc1OC. The van der Waals surface area contributed by atoms with Gasteiger partial charge in [-0.3, -0.25) is 9.59 Å². The Kier molecular flexibility index (Phi) is 9.36. The first kappa shape index (κ1) is 27.1. The molecule has 0 bridgehead atoms. The highest BCUT2D eigenvalue weighted by atomic mass is 16.5. The summed E-state index contributed by atoms with van der Waals surface area (Å²) in [6, 6.07) is 11.4. The molecule has 1 aliphatic rings. The number of ether oxygens (including phenoxy) is 3. The maximum atomic E-state index is 13.2. The van der Waals surface area contributed by atoms with Crippen LogP contribution in [0.2, 0.25) is 0 Å². The Morgan fingerprint density at radius 1 is 1.03 bits per heavy atom. The van der Waals surface area contributed by atoms with Gasteiger partial charge in [0.2, 0.25) is 0 Å². The van der Waals surface area contributed by atoms with E-state index in [0.717, 1.165) is 19.3 Å². The minimum absolute atomic E-state index is 0.0330. The van der Waals surface area contributed by atoms with Crippen LogP contribution in [0.5, 0.6) is 17.2 Å². The lowest BCUT2D eigenvalue weighted by Crippen LogP contribution is -2.35. The van der Waals surface area contributed by atoms with Crippen LogP contribution in [-0.4, -0.2) is 74.6 Å². The number of methoxy groups -OCH3 is 2. The standard InChI is InChI=1S/C28H36N2O6/c1-6-7-8-16-36-22-13-12-19(18-23(22)35-5)25-24(26(31)20-10-9-11-21(17-20)34-4)27(32)28(33)30(25)15-14-29(2)3/h9-13,17-18,25,31H,6-8,14-16H2,1-5H3/b26-24+. The number of Topliss-reactive ketones (excluding diaryl/α,β-unsaturated/α-hetero) is 1. The van der Waals surface area contributed by atoms with E-state index in [2.05, 4.69) is 6.92 Å². The highest BCUT2D eigenvalue weighted by Crippen LogP contribution is 2.42.